The van der Waals surface area contributed by atoms with Gasteiger partial charge in [-0.15, -0.1) is 0 Å². The summed E-state index contributed by atoms with van der Waals surface area (Å²) in [6, 6.07) is 12.9. The summed E-state index contributed by atoms with van der Waals surface area (Å²) in [7, 11) is 0. The molecule has 2 aromatic rings. The number of β-amino-alcohol motifs (C(OH)–C–C–N with tert-alkyl or cyclic N) is 1. The van der Waals surface area contributed by atoms with Crippen molar-refractivity contribution >= 4 is 22.7 Å². The van der Waals surface area contributed by atoms with Crippen LogP contribution in [0, 0.1) is 0 Å². The third-order valence-corrected chi connectivity index (χ3v) is 4.85. The predicted octanol–water partition coefficient (Wildman–Crippen LogP) is 2.01. The van der Waals surface area contributed by atoms with Crippen LogP contribution >= 0.6 is 0 Å². The number of fused-ring (bicyclic) bond motifs is 2. The van der Waals surface area contributed by atoms with Crippen molar-refractivity contribution in [3.8, 4) is 5.75 Å². The largest absolute Gasteiger partial charge is 0.490 e. The van der Waals surface area contributed by atoms with E-state index in [0.717, 1.165) is 22.1 Å². The minimum atomic E-state index is -0.924. The van der Waals surface area contributed by atoms with Crippen LogP contribution in [-0.4, -0.2) is 58.7 Å². The molecule has 2 aromatic carbocycles. The summed E-state index contributed by atoms with van der Waals surface area (Å²) in [5, 5.41) is 12.3. The molecule has 2 aliphatic heterocycles. The molecule has 0 aliphatic carbocycles. The molecule has 0 spiro atoms. The van der Waals surface area contributed by atoms with Gasteiger partial charge in [0.15, 0.2) is 0 Å². The van der Waals surface area contributed by atoms with E-state index in [4.69, 9.17) is 4.74 Å². The number of ether oxygens (including phenoxy) is 1. The molecule has 4 rings (SSSR count). The second-order valence-electron chi connectivity index (χ2n) is 6.52. The molecule has 6 heteroatoms. The lowest BCUT2D eigenvalue weighted by molar-refractivity contribution is -0.129. The number of amides is 3. The minimum absolute atomic E-state index is 0.0235. The highest BCUT2D eigenvalue weighted by Crippen LogP contribution is 2.28. The Morgan fingerprint density at radius 3 is 2.80 bits per heavy atom. The zero-order chi connectivity index (χ0) is 17.4. The summed E-state index contributed by atoms with van der Waals surface area (Å²) in [4.78, 5) is 27.3. The van der Waals surface area contributed by atoms with Crippen molar-refractivity contribution < 1.29 is 19.4 Å². The Morgan fingerprint density at radius 1 is 1.16 bits per heavy atom. The van der Waals surface area contributed by atoms with Crippen molar-refractivity contribution in [3.63, 3.8) is 0 Å². The Kier molecular flexibility index (Phi) is 4.05. The maximum Gasteiger partial charge on any atom is 0.327 e. The van der Waals surface area contributed by atoms with Crippen molar-refractivity contribution in [2.75, 3.05) is 19.7 Å². The molecule has 25 heavy (non-hydrogen) atoms. The first-order valence-electron chi connectivity index (χ1n) is 8.56. The Hall–Kier alpha value is -2.60. The maximum atomic E-state index is 12.3. The highest BCUT2D eigenvalue weighted by Gasteiger charge is 2.47. The van der Waals surface area contributed by atoms with Crippen LogP contribution in [-0.2, 0) is 4.79 Å². The smallest absolute Gasteiger partial charge is 0.327 e. The summed E-state index contributed by atoms with van der Waals surface area (Å²) in [5.41, 5.74) is 0. The average molecular weight is 340 g/mol. The molecule has 2 aliphatic rings. The van der Waals surface area contributed by atoms with Crippen molar-refractivity contribution in [1.82, 2.24) is 9.80 Å². The fourth-order valence-corrected chi connectivity index (χ4v) is 3.62. The van der Waals surface area contributed by atoms with Gasteiger partial charge in [-0.1, -0.05) is 36.4 Å². The van der Waals surface area contributed by atoms with E-state index in [1.54, 1.807) is 4.90 Å². The number of urea groups is 1. The van der Waals surface area contributed by atoms with Gasteiger partial charge < -0.3 is 14.7 Å². The van der Waals surface area contributed by atoms with Gasteiger partial charge >= 0.3 is 6.03 Å². The Balaban J connectivity index is 1.40. The van der Waals surface area contributed by atoms with Gasteiger partial charge in [0.25, 0.3) is 5.91 Å². The molecule has 2 atom stereocenters. The zero-order valence-corrected chi connectivity index (χ0v) is 13.8. The SMILES string of the molecule is O=C1[C@H]2CCCN2C(=O)N1C[C@H](O)COc1cccc2ccccc12. The fourth-order valence-electron chi connectivity index (χ4n) is 3.62. The highest BCUT2D eigenvalue weighted by molar-refractivity contribution is 6.04. The highest BCUT2D eigenvalue weighted by atomic mass is 16.5. The van der Waals surface area contributed by atoms with Crippen LogP contribution < -0.4 is 4.74 Å². The van der Waals surface area contributed by atoms with Gasteiger partial charge in [0.05, 0.1) is 6.54 Å². The van der Waals surface area contributed by atoms with E-state index in [1.807, 2.05) is 42.5 Å². The third kappa shape index (κ3) is 2.82. The van der Waals surface area contributed by atoms with Gasteiger partial charge in [0.1, 0.15) is 24.5 Å². The van der Waals surface area contributed by atoms with E-state index in [1.165, 1.54) is 0 Å². The van der Waals surface area contributed by atoms with E-state index >= 15 is 0 Å². The minimum Gasteiger partial charge on any atom is -0.490 e. The monoisotopic (exact) mass is 340 g/mol. The number of imide groups is 1. The average Bonchev–Trinajstić information content (AvgIpc) is 3.20. The van der Waals surface area contributed by atoms with Crippen LogP contribution in [0.25, 0.3) is 10.8 Å². The maximum absolute atomic E-state index is 12.3. The van der Waals surface area contributed by atoms with E-state index in [2.05, 4.69) is 0 Å². The van der Waals surface area contributed by atoms with Gasteiger partial charge in [-0.2, -0.15) is 0 Å². The van der Waals surface area contributed by atoms with Gasteiger partial charge in [0.2, 0.25) is 0 Å². The summed E-state index contributed by atoms with van der Waals surface area (Å²) in [6.45, 7) is 0.611. The van der Waals surface area contributed by atoms with Crippen LogP contribution in [0.5, 0.6) is 5.75 Å². The summed E-state index contributed by atoms with van der Waals surface area (Å²) in [6.07, 6.45) is 0.652. The lowest BCUT2D eigenvalue weighted by Gasteiger charge is -2.20. The molecule has 2 fully saturated rings. The number of rotatable bonds is 5. The molecule has 0 radical (unpaired) electrons. The van der Waals surface area contributed by atoms with E-state index in [0.29, 0.717) is 18.7 Å². The summed E-state index contributed by atoms with van der Waals surface area (Å²) in [5.74, 6) is 0.476. The summed E-state index contributed by atoms with van der Waals surface area (Å²) < 4.78 is 5.74. The molecule has 0 saturated carbocycles. The molecular weight excluding hydrogens is 320 g/mol. The number of aliphatic hydroxyl groups excluding tert-OH is 1. The van der Waals surface area contributed by atoms with Crippen LogP contribution in [0.4, 0.5) is 4.79 Å². The van der Waals surface area contributed by atoms with Crippen molar-refractivity contribution in [1.29, 1.82) is 0 Å². The topological polar surface area (TPSA) is 70.1 Å². The first-order valence-corrected chi connectivity index (χ1v) is 8.56. The normalized spacial score (nSPS) is 21.1. The van der Waals surface area contributed by atoms with E-state index < -0.39 is 6.10 Å². The number of aliphatic hydroxyl groups is 1. The van der Waals surface area contributed by atoms with Crippen LogP contribution in [0.3, 0.4) is 0 Å². The lowest BCUT2D eigenvalue weighted by atomic mass is 10.1. The number of hydrogen-bond acceptors (Lipinski definition) is 4. The fraction of sp³-hybridized carbons (Fsp3) is 0.368. The zero-order valence-electron chi connectivity index (χ0n) is 13.8. The number of carbonyl (C=O) groups excluding carboxylic acids is 2. The second kappa shape index (κ2) is 6.37. The molecule has 2 heterocycles. The van der Waals surface area contributed by atoms with E-state index in [-0.39, 0.29) is 31.1 Å². The molecule has 130 valence electrons. The molecule has 0 unspecified atom stereocenters. The number of hydrogen-bond donors (Lipinski definition) is 1. The quantitative estimate of drug-likeness (QED) is 0.845. The molecule has 0 bridgehead atoms. The molecule has 3 amide bonds. The Labute approximate surface area is 145 Å². The summed E-state index contributed by atoms with van der Waals surface area (Å²) >= 11 is 0. The van der Waals surface area contributed by atoms with Crippen molar-refractivity contribution in [3.05, 3.63) is 42.5 Å². The van der Waals surface area contributed by atoms with Gasteiger partial charge in [-0.3, -0.25) is 9.69 Å². The van der Waals surface area contributed by atoms with Crippen LogP contribution in [0.1, 0.15) is 12.8 Å². The molecular formula is C19H20N2O4. The molecule has 6 nitrogen and oxygen atoms in total. The first kappa shape index (κ1) is 15.9. The number of nitrogens with zero attached hydrogens (tertiary/aromatic N) is 2. The van der Waals surface area contributed by atoms with Crippen molar-refractivity contribution in [2.45, 2.75) is 25.0 Å². The third-order valence-electron chi connectivity index (χ3n) is 4.85. The first-order chi connectivity index (χ1) is 12.1. The second-order valence-corrected chi connectivity index (χ2v) is 6.52. The lowest BCUT2D eigenvalue weighted by Crippen LogP contribution is -2.41. The molecule has 2 saturated heterocycles. The van der Waals surface area contributed by atoms with Gasteiger partial charge in [-0.25, -0.2) is 4.79 Å². The number of benzene rings is 2. The van der Waals surface area contributed by atoms with Gasteiger partial charge in [-0.05, 0) is 24.3 Å². The molecule has 1 N–H and O–H groups in total. The Bertz CT molecular complexity index is 795. The predicted molar refractivity (Wildman–Crippen MR) is 92.3 cm³/mol. The molecule has 0 aromatic heterocycles. The van der Waals surface area contributed by atoms with Gasteiger partial charge in [0, 0.05) is 11.9 Å². The number of carbonyl (C=O) groups is 2. The van der Waals surface area contributed by atoms with Crippen LogP contribution in [0.15, 0.2) is 42.5 Å². The van der Waals surface area contributed by atoms with E-state index in [9.17, 15) is 14.7 Å². The van der Waals surface area contributed by atoms with Crippen molar-refractivity contribution in [2.24, 2.45) is 0 Å². The standard InChI is InChI=1S/C19H20N2O4/c22-14(11-21-18(23)16-8-4-10-20(16)19(21)24)12-25-17-9-3-6-13-5-1-2-7-15(13)17/h1-3,5-7,9,14,16,22H,4,8,10-12H2/t14-,16+/m0/s1. The van der Waals surface area contributed by atoms with Crippen LogP contribution in [0.2, 0.25) is 0 Å². The Morgan fingerprint density at radius 2 is 1.96 bits per heavy atom.